The minimum atomic E-state index is -0.508. The van der Waals surface area contributed by atoms with Crippen LogP contribution < -0.4 is 0 Å². The lowest BCUT2D eigenvalue weighted by molar-refractivity contribution is -0.141. The van der Waals surface area contributed by atoms with E-state index in [9.17, 15) is 14.4 Å². The Morgan fingerprint density at radius 1 is 0.760 bits per heavy atom. The maximum atomic E-state index is 12.0. The van der Waals surface area contributed by atoms with Crippen molar-refractivity contribution in [3.63, 3.8) is 0 Å². The first-order chi connectivity index (χ1) is 11.4. The lowest BCUT2D eigenvalue weighted by Gasteiger charge is -2.21. The minimum Gasteiger partial charge on any atom is -0.371 e. The first-order valence-electron chi connectivity index (χ1n) is 8.81. The second-order valence-corrected chi connectivity index (χ2v) is 7.88. The molecule has 0 spiro atoms. The second kappa shape index (κ2) is 11.5. The van der Waals surface area contributed by atoms with Crippen molar-refractivity contribution < 1.29 is 28.6 Å². The molecule has 0 unspecified atom stereocenters. The van der Waals surface area contributed by atoms with Gasteiger partial charge >= 0.3 is 0 Å². The zero-order valence-electron chi connectivity index (χ0n) is 16.7. The van der Waals surface area contributed by atoms with Gasteiger partial charge in [-0.1, -0.05) is 48.5 Å². The van der Waals surface area contributed by atoms with E-state index in [4.69, 9.17) is 14.2 Å². The average molecular weight is 358 g/mol. The molecule has 0 heterocycles. The smallest absolute Gasteiger partial charge is 0.163 e. The van der Waals surface area contributed by atoms with Crippen molar-refractivity contribution in [2.45, 2.75) is 54.6 Å². The van der Waals surface area contributed by atoms with Gasteiger partial charge in [-0.3, -0.25) is 14.4 Å². The van der Waals surface area contributed by atoms with E-state index in [0.717, 1.165) is 0 Å². The van der Waals surface area contributed by atoms with E-state index in [-0.39, 0.29) is 62.2 Å². The van der Waals surface area contributed by atoms with Crippen molar-refractivity contribution in [1.29, 1.82) is 0 Å². The highest BCUT2D eigenvalue weighted by molar-refractivity contribution is 5.84. The van der Waals surface area contributed by atoms with Crippen LogP contribution in [0.4, 0.5) is 0 Å². The van der Waals surface area contributed by atoms with Gasteiger partial charge in [0.1, 0.15) is 25.9 Å². The molecule has 0 rings (SSSR count). The summed E-state index contributed by atoms with van der Waals surface area (Å²) < 4.78 is 16.4. The molecule has 146 valence electrons. The van der Waals surface area contributed by atoms with Gasteiger partial charge in [0.15, 0.2) is 17.3 Å². The number of hydrogen-bond donors (Lipinski definition) is 0. The Balaban J connectivity index is 4.46. The van der Waals surface area contributed by atoms with Gasteiger partial charge in [-0.25, -0.2) is 0 Å². The molecule has 0 radical (unpaired) electrons. The minimum absolute atomic E-state index is 0.000391. The van der Waals surface area contributed by atoms with Crippen LogP contribution in [0.25, 0.3) is 0 Å². The van der Waals surface area contributed by atoms with Gasteiger partial charge in [0.2, 0.25) is 0 Å². The van der Waals surface area contributed by atoms with Gasteiger partial charge < -0.3 is 14.2 Å². The summed E-state index contributed by atoms with van der Waals surface area (Å²) in [7, 11) is 0. The summed E-state index contributed by atoms with van der Waals surface area (Å²) in [6.45, 7) is 12.9. The SMILES string of the molecule is CC(C)C(=O)COCC(COCC(=O)C(C)C)OCC(=O)C(C)(C)C. The van der Waals surface area contributed by atoms with Crippen molar-refractivity contribution in [3.8, 4) is 0 Å². The van der Waals surface area contributed by atoms with Crippen molar-refractivity contribution in [3.05, 3.63) is 0 Å². The molecule has 0 saturated carbocycles. The highest BCUT2D eigenvalue weighted by atomic mass is 16.6. The lowest BCUT2D eigenvalue weighted by Crippen LogP contribution is -2.33. The Hall–Kier alpha value is -1.11. The van der Waals surface area contributed by atoms with Crippen LogP contribution in [0.3, 0.4) is 0 Å². The van der Waals surface area contributed by atoms with E-state index in [1.54, 1.807) is 0 Å². The normalized spacial score (nSPS) is 12.2. The van der Waals surface area contributed by atoms with Gasteiger partial charge in [0.25, 0.3) is 0 Å². The van der Waals surface area contributed by atoms with Crippen LogP contribution in [-0.4, -0.2) is 56.5 Å². The van der Waals surface area contributed by atoms with E-state index < -0.39 is 11.5 Å². The standard InChI is InChI=1S/C19H34O6/c1-13(2)16(20)10-23-8-15(9-24-11-17(21)14(3)4)25-12-18(22)19(5,6)7/h13-15H,8-12H2,1-7H3. The van der Waals surface area contributed by atoms with Crippen LogP contribution in [0.1, 0.15) is 48.5 Å². The summed E-state index contributed by atoms with van der Waals surface area (Å²) in [5, 5.41) is 0. The molecule has 0 fully saturated rings. The van der Waals surface area contributed by atoms with Crippen molar-refractivity contribution in [1.82, 2.24) is 0 Å². The number of Topliss-reactive ketones (excluding diaryl/α,β-unsaturated/α-hetero) is 3. The number of carbonyl (C=O) groups excluding carboxylic acids is 3. The molecule has 0 aromatic heterocycles. The molecule has 0 bridgehead atoms. The van der Waals surface area contributed by atoms with Gasteiger partial charge in [0.05, 0.1) is 13.2 Å². The number of hydrogen-bond acceptors (Lipinski definition) is 6. The van der Waals surface area contributed by atoms with Crippen LogP contribution in [0.15, 0.2) is 0 Å². The third-order valence-corrected chi connectivity index (χ3v) is 3.67. The summed E-state index contributed by atoms with van der Waals surface area (Å²) in [6.07, 6.45) is -0.508. The summed E-state index contributed by atoms with van der Waals surface area (Å²) in [6, 6.07) is 0. The fourth-order valence-corrected chi connectivity index (χ4v) is 1.47. The molecule has 0 aromatic rings. The molecule has 0 amide bonds. The van der Waals surface area contributed by atoms with Crippen molar-refractivity contribution in [2.24, 2.45) is 17.3 Å². The monoisotopic (exact) mass is 358 g/mol. The zero-order chi connectivity index (χ0) is 19.6. The largest absolute Gasteiger partial charge is 0.371 e. The predicted octanol–water partition coefficient (Wildman–Crippen LogP) is 2.47. The Bertz CT molecular complexity index is 408. The van der Waals surface area contributed by atoms with E-state index in [2.05, 4.69) is 0 Å². The summed E-state index contributed by atoms with van der Waals surface area (Å²) in [4.78, 5) is 35.2. The van der Waals surface area contributed by atoms with E-state index in [0.29, 0.717) is 0 Å². The number of carbonyl (C=O) groups is 3. The van der Waals surface area contributed by atoms with Crippen LogP contribution >= 0.6 is 0 Å². The Labute approximate surface area is 151 Å². The molecule has 25 heavy (non-hydrogen) atoms. The molecule has 0 aliphatic carbocycles. The Morgan fingerprint density at radius 3 is 1.48 bits per heavy atom. The van der Waals surface area contributed by atoms with E-state index >= 15 is 0 Å². The van der Waals surface area contributed by atoms with Gasteiger partial charge in [0, 0.05) is 17.3 Å². The van der Waals surface area contributed by atoms with Gasteiger partial charge in [-0.2, -0.15) is 0 Å². The maximum Gasteiger partial charge on any atom is 0.163 e. The molecule has 0 aliphatic heterocycles. The Kier molecular flexibility index (Phi) is 11.0. The van der Waals surface area contributed by atoms with Crippen LogP contribution in [0.5, 0.6) is 0 Å². The lowest BCUT2D eigenvalue weighted by atomic mass is 9.91. The molecule has 6 nitrogen and oxygen atoms in total. The molecule has 0 atom stereocenters. The second-order valence-electron chi connectivity index (χ2n) is 7.88. The first-order valence-corrected chi connectivity index (χ1v) is 8.81. The highest BCUT2D eigenvalue weighted by Gasteiger charge is 2.23. The summed E-state index contributed by atoms with van der Waals surface area (Å²) in [5.41, 5.74) is -0.493. The van der Waals surface area contributed by atoms with Crippen molar-refractivity contribution in [2.75, 3.05) is 33.0 Å². The predicted molar refractivity (Wildman–Crippen MR) is 95.5 cm³/mol. The van der Waals surface area contributed by atoms with Gasteiger partial charge in [-0.05, 0) is 0 Å². The highest BCUT2D eigenvalue weighted by Crippen LogP contribution is 2.15. The topological polar surface area (TPSA) is 78.9 Å². The van der Waals surface area contributed by atoms with Gasteiger partial charge in [-0.15, -0.1) is 0 Å². The van der Waals surface area contributed by atoms with Crippen LogP contribution in [-0.2, 0) is 28.6 Å². The van der Waals surface area contributed by atoms with Crippen molar-refractivity contribution >= 4 is 17.3 Å². The maximum absolute atomic E-state index is 12.0. The zero-order valence-corrected chi connectivity index (χ0v) is 16.7. The molecule has 0 aliphatic rings. The summed E-state index contributed by atoms with van der Waals surface area (Å²) >= 11 is 0. The number of ketones is 3. The molecule has 0 saturated heterocycles. The first kappa shape index (κ1) is 23.9. The summed E-state index contributed by atoms with van der Waals surface area (Å²) in [5.74, 6) is -0.224. The molecule has 0 N–H and O–H groups in total. The van der Waals surface area contributed by atoms with Crippen LogP contribution in [0.2, 0.25) is 0 Å². The van der Waals surface area contributed by atoms with E-state index in [1.807, 2.05) is 48.5 Å². The third kappa shape index (κ3) is 11.2. The molecular formula is C19H34O6. The molecule has 0 aromatic carbocycles. The van der Waals surface area contributed by atoms with E-state index in [1.165, 1.54) is 0 Å². The molecular weight excluding hydrogens is 324 g/mol. The number of rotatable bonds is 13. The molecule has 6 heteroatoms. The average Bonchev–Trinajstić information content (AvgIpc) is 2.49. The van der Waals surface area contributed by atoms with Crippen LogP contribution in [0, 0.1) is 17.3 Å². The quantitative estimate of drug-likeness (QED) is 0.503. The Morgan fingerprint density at radius 2 is 1.16 bits per heavy atom. The fourth-order valence-electron chi connectivity index (χ4n) is 1.47. The fraction of sp³-hybridized carbons (Fsp3) is 0.842. The third-order valence-electron chi connectivity index (χ3n) is 3.67. The number of ether oxygens (including phenoxy) is 3.